The van der Waals surface area contributed by atoms with Gasteiger partial charge >= 0.3 is 12.0 Å². The molecule has 0 saturated heterocycles. The van der Waals surface area contributed by atoms with Gasteiger partial charge in [-0.05, 0) is 25.2 Å². The van der Waals surface area contributed by atoms with Crippen LogP contribution in [-0.2, 0) is 4.79 Å². The first-order chi connectivity index (χ1) is 7.53. The van der Waals surface area contributed by atoms with Crippen LogP contribution < -0.4 is 10.6 Å². The monoisotopic (exact) mass is 226 g/mol. The van der Waals surface area contributed by atoms with Crippen LogP contribution in [0.1, 0.15) is 39.0 Å². The highest BCUT2D eigenvalue weighted by molar-refractivity contribution is 5.86. The van der Waals surface area contributed by atoms with Gasteiger partial charge in [-0.2, -0.15) is 0 Å². The molecule has 0 bridgehead atoms. The molecule has 0 aliphatic heterocycles. The van der Waals surface area contributed by atoms with Crippen molar-refractivity contribution in [3.63, 3.8) is 0 Å². The fourth-order valence-electron chi connectivity index (χ4n) is 2.32. The van der Waals surface area contributed by atoms with Crippen LogP contribution in [0.2, 0.25) is 0 Å². The van der Waals surface area contributed by atoms with E-state index < -0.39 is 11.5 Å². The van der Waals surface area contributed by atoms with Crippen LogP contribution >= 0.6 is 0 Å². The lowest BCUT2D eigenvalue weighted by Gasteiger charge is -2.25. The summed E-state index contributed by atoms with van der Waals surface area (Å²) in [5.74, 6) is -0.390. The van der Waals surface area contributed by atoms with Crippen LogP contribution in [0.25, 0.3) is 0 Å². The summed E-state index contributed by atoms with van der Waals surface area (Å²) >= 11 is 0. The Kier molecular flexibility index (Phi) is 2.78. The van der Waals surface area contributed by atoms with Gasteiger partial charge in [-0.1, -0.05) is 19.8 Å². The SMILES string of the molecule is CC1CC1NC(=O)NC1(C(=O)O)CCCC1. The maximum atomic E-state index is 11.6. The van der Waals surface area contributed by atoms with E-state index in [9.17, 15) is 14.7 Å². The third kappa shape index (κ3) is 2.13. The second-order valence-corrected chi connectivity index (χ2v) is 5.01. The molecule has 0 aromatic rings. The minimum absolute atomic E-state index is 0.229. The molecule has 90 valence electrons. The zero-order valence-corrected chi connectivity index (χ0v) is 9.45. The van der Waals surface area contributed by atoms with Gasteiger partial charge < -0.3 is 15.7 Å². The molecule has 0 radical (unpaired) electrons. The molecule has 2 aliphatic rings. The molecule has 2 rings (SSSR count). The first-order valence-electron chi connectivity index (χ1n) is 5.85. The average Bonchev–Trinajstić information content (AvgIpc) is 2.72. The van der Waals surface area contributed by atoms with Gasteiger partial charge in [0.25, 0.3) is 0 Å². The van der Waals surface area contributed by atoms with Crippen LogP contribution in [0.15, 0.2) is 0 Å². The molecule has 2 fully saturated rings. The number of nitrogens with one attached hydrogen (secondary N) is 2. The number of carbonyl (C=O) groups is 2. The minimum atomic E-state index is -1.03. The van der Waals surface area contributed by atoms with Crippen LogP contribution in [0, 0.1) is 5.92 Å². The number of carboxylic acids is 1. The van der Waals surface area contributed by atoms with Gasteiger partial charge in [0.2, 0.25) is 0 Å². The van der Waals surface area contributed by atoms with Crippen molar-refractivity contribution in [3.05, 3.63) is 0 Å². The number of hydrogen-bond acceptors (Lipinski definition) is 2. The van der Waals surface area contributed by atoms with E-state index in [0.29, 0.717) is 18.8 Å². The largest absolute Gasteiger partial charge is 0.480 e. The van der Waals surface area contributed by atoms with Gasteiger partial charge in [-0.25, -0.2) is 9.59 Å². The Balaban J connectivity index is 1.90. The molecular formula is C11H18N2O3. The van der Waals surface area contributed by atoms with Crippen molar-refractivity contribution in [2.45, 2.75) is 50.6 Å². The van der Waals surface area contributed by atoms with E-state index in [1.165, 1.54) is 0 Å². The quantitative estimate of drug-likeness (QED) is 0.674. The highest BCUT2D eigenvalue weighted by atomic mass is 16.4. The Morgan fingerprint density at radius 1 is 1.31 bits per heavy atom. The summed E-state index contributed by atoms with van der Waals surface area (Å²) in [6.45, 7) is 2.06. The predicted molar refractivity (Wildman–Crippen MR) is 58.1 cm³/mol. The molecule has 5 heteroatoms. The van der Waals surface area contributed by atoms with Crippen molar-refractivity contribution in [2.24, 2.45) is 5.92 Å². The Bertz CT molecular complexity index is 310. The number of aliphatic carboxylic acids is 1. The summed E-state index contributed by atoms with van der Waals surface area (Å²) in [5, 5.41) is 14.6. The lowest BCUT2D eigenvalue weighted by Crippen LogP contribution is -2.55. The molecule has 2 atom stereocenters. The van der Waals surface area contributed by atoms with E-state index in [1.54, 1.807) is 0 Å². The third-order valence-electron chi connectivity index (χ3n) is 3.65. The number of carbonyl (C=O) groups excluding carboxylic acids is 1. The number of hydrogen-bond donors (Lipinski definition) is 3. The molecule has 2 saturated carbocycles. The number of rotatable bonds is 3. The first kappa shape index (κ1) is 11.2. The van der Waals surface area contributed by atoms with Crippen molar-refractivity contribution in [3.8, 4) is 0 Å². The Morgan fingerprint density at radius 2 is 1.88 bits per heavy atom. The molecule has 0 heterocycles. The minimum Gasteiger partial charge on any atom is -0.480 e. The van der Waals surface area contributed by atoms with Crippen LogP contribution in [-0.4, -0.2) is 28.7 Å². The maximum Gasteiger partial charge on any atom is 0.329 e. The summed E-state index contributed by atoms with van der Waals surface area (Å²) in [7, 11) is 0. The molecule has 2 amide bonds. The average molecular weight is 226 g/mol. The number of amides is 2. The highest BCUT2D eigenvalue weighted by Gasteiger charge is 2.43. The van der Waals surface area contributed by atoms with E-state index in [2.05, 4.69) is 17.6 Å². The van der Waals surface area contributed by atoms with Crippen LogP contribution in [0.4, 0.5) is 4.79 Å². The van der Waals surface area contributed by atoms with E-state index in [-0.39, 0.29) is 12.1 Å². The maximum absolute atomic E-state index is 11.6. The van der Waals surface area contributed by atoms with Crippen LogP contribution in [0.3, 0.4) is 0 Å². The number of urea groups is 1. The lowest BCUT2D eigenvalue weighted by molar-refractivity contribution is -0.144. The Hall–Kier alpha value is -1.26. The first-order valence-corrected chi connectivity index (χ1v) is 5.85. The Labute approximate surface area is 94.6 Å². The molecular weight excluding hydrogens is 208 g/mol. The normalized spacial score (nSPS) is 30.8. The van der Waals surface area contributed by atoms with Gasteiger partial charge in [0, 0.05) is 6.04 Å². The molecule has 2 aliphatic carbocycles. The third-order valence-corrected chi connectivity index (χ3v) is 3.65. The van der Waals surface area contributed by atoms with E-state index in [0.717, 1.165) is 19.3 Å². The molecule has 0 aromatic carbocycles. The number of carboxylic acid groups (broad SMARTS) is 1. The summed E-state index contributed by atoms with van der Waals surface area (Å²) in [6.07, 6.45) is 3.80. The smallest absolute Gasteiger partial charge is 0.329 e. The van der Waals surface area contributed by atoms with E-state index in [4.69, 9.17) is 0 Å². The fourth-order valence-corrected chi connectivity index (χ4v) is 2.32. The summed E-state index contributed by atoms with van der Waals surface area (Å²) < 4.78 is 0. The molecule has 5 nitrogen and oxygen atoms in total. The van der Waals surface area contributed by atoms with Crippen molar-refractivity contribution in [1.82, 2.24) is 10.6 Å². The van der Waals surface area contributed by atoms with E-state index in [1.807, 2.05) is 0 Å². The Morgan fingerprint density at radius 3 is 2.31 bits per heavy atom. The molecule has 0 aromatic heterocycles. The molecule has 16 heavy (non-hydrogen) atoms. The van der Waals surface area contributed by atoms with Crippen LogP contribution in [0.5, 0.6) is 0 Å². The summed E-state index contributed by atoms with van der Waals surface area (Å²) in [6, 6.07) is -0.106. The molecule has 3 N–H and O–H groups in total. The van der Waals surface area contributed by atoms with Crippen molar-refractivity contribution in [1.29, 1.82) is 0 Å². The van der Waals surface area contributed by atoms with Crippen molar-refractivity contribution >= 4 is 12.0 Å². The topological polar surface area (TPSA) is 78.4 Å². The van der Waals surface area contributed by atoms with Crippen molar-refractivity contribution in [2.75, 3.05) is 0 Å². The van der Waals surface area contributed by atoms with Gasteiger partial charge in [0.1, 0.15) is 5.54 Å². The zero-order valence-electron chi connectivity index (χ0n) is 9.45. The van der Waals surface area contributed by atoms with Crippen molar-refractivity contribution < 1.29 is 14.7 Å². The van der Waals surface area contributed by atoms with Gasteiger partial charge in [-0.3, -0.25) is 0 Å². The highest BCUT2D eigenvalue weighted by Crippen LogP contribution is 2.31. The summed E-state index contributed by atoms with van der Waals surface area (Å²) in [5.41, 5.74) is -1.03. The molecule has 0 spiro atoms. The lowest BCUT2D eigenvalue weighted by atomic mass is 9.98. The predicted octanol–water partition coefficient (Wildman–Crippen LogP) is 1.09. The second kappa shape index (κ2) is 3.96. The second-order valence-electron chi connectivity index (χ2n) is 5.01. The van der Waals surface area contributed by atoms with Gasteiger partial charge in [-0.15, -0.1) is 0 Å². The standard InChI is InChI=1S/C11H18N2O3/c1-7-6-8(7)12-10(16)13-11(9(14)15)4-2-3-5-11/h7-8H,2-6H2,1H3,(H,14,15)(H2,12,13,16). The van der Waals surface area contributed by atoms with E-state index >= 15 is 0 Å². The zero-order chi connectivity index (χ0) is 11.8. The van der Waals surface area contributed by atoms with Gasteiger partial charge in [0.15, 0.2) is 0 Å². The summed E-state index contributed by atoms with van der Waals surface area (Å²) in [4.78, 5) is 22.8. The van der Waals surface area contributed by atoms with Gasteiger partial charge in [0.05, 0.1) is 0 Å². The fraction of sp³-hybridized carbons (Fsp3) is 0.818. The molecule has 2 unspecified atom stereocenters.